The normalized spacial score (nSPS) is 18.2. The highest BCUT2D eigenvalue weighted by molar-refractivity contribution is 6.01. The van der Waals surface area contributed by atoms with E-state index in [0.29, 0.717) is 17.3 Å². The molecule has 3 aromatic heterocycles. The summed E-state index contributed by atoms with van der Waals surface area (Å²) in [4.78, 5) is 31.0. The molecule has 34 heavy (non-hydrogen) atoms. The Labute approximate surface area is 197 Å². The fourth-order valence-corrected chi connectivity index (χ4v) is 4.96. The minimum atomic E-state index is -0.693. The average Bonchev–Trinajstić information content (AvgIpc) is 3.71. The predicted molar refractivity (Wildman–Crippen MR) is 124 cm³/mol. The number of rotatable bonds is 8. The van der Waals surface area contributed by atoms with Crippen LogP contribution < -0.4 is 10.6 Å². The molecule has 0 spiro atoms. The number of carbonyl (C=O) groups excluding carboxylic acids is 2. The number of aryl methyl sites for hydroxylation is 3. The van der Waals surface area contributed by atoms with Crippen molar-refractivity contribution in [3.63, 3.8) is 0 Å². The Morgan fingerprint density at radius 3 is 2.44 bits per heavy atom. The summed E-state index contributed by atoms with van der Waals surface area (Å²) in [5.74, 6) is -0.224. The van der Waals surface area contributed by atoms with Crippen LogP contribution in [0.4, 0.5) is 5.69 Å². The summed E-state index contributed by atoms with van der Waals surface area (Å²) in [6.07, 6.45) is 5.89. The van der Waals surface area contributed by atoms with E-state index in [1.165, 1.54) is 0 Å². The topological polar surface area (TPSA) is 139 Å². The second-order valence-electron chi connectivity index (χ2n) is 9.90. The van der Waals surface area contributed by atoms with Gasteiger partial charge in [0.05, 0.1) is 23.3 Å². The number of aromatic nitrogens is 5. The summed E-state index contributed by atoms with van der Waals surface area (Å²) in [6.45, 7) is 7.73. The molecule has 5 rings (SSSR count). The summed E-state index contributed by atoms with van der Waals surface area (Å²) >= 11 is 0. The van der Waals surface area contributed by atoms with E-state index in [2.05, 4.69) is 47.7 Å². The maximum absolute atomic E-state index is 13.5. The van der Waals surface area contributed by atoms with Gasteiger partial charge in [-0.05, 0) is 81.0 Å². The van der Waals surface area contributed by atoms with Crippen molar-refractivity contribution in [1.82, 2.24) is 30.8 Å². The Kier molecular flexibility index (Phi) is 5.45. The lowest BCUT2D eigenvalue weighted by Gasteiger charge is -2.32. The van der Waals surface area contributed by atoms with Gasteiger partial charge in [0.15, 0.2) is 5.69 Å². The third-order valence-electron chi connectivity index (χ3n) is 7.18. The number of nitrogens with zero attached hydrogens (tertiary/aromatic N) is 4. The van der Waals surface area contributed by atoms with Crippen LogP contribution in [-0.2, 0) is 4.79 Å². The van der Waals surface area contributed by atoms with Crippen molar-refractivity contribution in [3.8, 4) is 11.3 Å². The van der Waals surface area contributed by atoms with Gasteiger partial charge in [0.2, 0.25) is 5.91 Å². The van der Waals surface area contributed by atoms with Crippen LogP contribution in [0.2, 0.25) is 0 Å². The highest BCUT2D eigenvalue weighted by Gasteiger charge is 2.55. The maximum Gasteiger partial charge on any atom is 0.276 e. The van der Waals surface area contributed by atoms with E-state index < -0.39 is 11.9 Å². The van der Waals surface area contributed by atoms with Crippen LogP contribution in [0.1, 0.15) is 60.2 Å². The number of nitrogens with one attached hydrogen (secondary N) is 3. The first kappa shape index (κ1) is 22.2. The quantitative estimate of drug-likeness (QED) is 0.465. The lowest BCUT2D eigenvalue weighted by atomic mass is 9.80. The molecule has 3 N–H and O–H groups in total. The number of carbonyl (C=O) groups is 2. The van der Waals surface area contributed by atoms with E-state index in [4.69, 9.17) is 0 Å². The largest absolute Gasteiger partial charge is 0.338 e. The SMILES string of the molecule is Cc1nonc1C(=O)N[C@H](C(=O)Nc1ccc(-c2c(C)n[nH]c2C)nc1)C(C1CC1)C1(C)CC1. The van der Waals surface area contributed by atoms with Crippen LogP contribution >= 0.6 is 0 Å². The predicted octanol–water partition coefficient (Wildman–Crippen LogP) is 3.34. The molecule has 0 aromatic carbocycles. The number of amides is 2. The Morgan fingerprint density at radius 1 is 1.15 bits per heavy atom. The number of pyridine rings is 1. The van der Waals surface area contributed by atoms with Crippen LogP contribution in [0, 0.1) is 38.0 Å². The summed E-state index contributed by atoms with van der Waals surface area (Å²) < 4.78 is 4.69. The third kappa shape index (κ3) is 4.20. The minimum absolute atomic E-state index is 0.0476. The molecular formula is C24H29N7O3. The van der Waals surface area contributed by atoms with E-state index in [9.17, 15) is 9.59 Å². The van der Waals surface area contributed by atoms with E-state index in [0.717, 1.165) is 48.3 Å². The number of H-pyrrole nitrogens is 1. The molecule has 0 bridgehead atoms. The van der Waals surface area contributed by atoms with Gasteiger partial charge in [-0.1, -0.05) is 12.1 Å². The van der Waals surface area contributed by atoms with Crippen molar-refractivity contribution in [3.05, 3.63) is 41.1 Å². The summed E-state index contributed by atoms with van der Waals surface area (Å²) in [6, 6.07) is 2.99. The van der Waals surface area contributed by atoms with Gasteiger partial charge >= 0.3 is 0 Å². The van der Waals surface area contributed by atoms with Gasteiger partial charge in [-0.2, -0.15) is 5.10 Å². The Morgan fingerprint density at radius 2 is 1.91 bits per heavy atom. The van der Waals surface area contributed by atoms with Gasteiger partial charge in [-0.15, -0.1) is 0 Å². The minimum Gasteiger partial charge on any atom is -0.338 e. The molecule has 2 fully saturated rings. The van der Waals surface area contributed by atoms with Gasteiger partial charge in [0.1, 0.15) is 11.7 Å². The fraction of sp³-hybridized carbons (Fsp3) is 0.500. The molecule has 10 nitrogen and oxygen atoms in total. The molecule has 3 heterocycles. The van der Waals surface area contributed by atoms with Gasteiger partial charge in [-0.3, -0.25) is 19.7 Å². The molecule has 2 aliphatic rings. The zero-order valence-electron chi connectivity index (χ0n) is 19.8. The monoisotopic (exact) mass is 463 g/mol. The third-order valence-corrected chi connectivity index (χ3v) is 7.18. The number of hydrogen-bond acceptors (Lipinski definition) is 7. The van der Waals surface area contributed by atoms with Crippen LogP contribution in [0.25, 0.3) is 11.3 Å². The van der Waals surface area contributed by atoms with E-state index in [-0.39, 0.29) is 22.9 Å². The molecule has 2 saturated carbocycles. The maximum atomic E-state index is 13.5. The molecule has 1 unspecified atom stereocenters. The van der Waals surface area contributed by atoms with Crippen molar-refractivity contribution in [2.24, 2.45) is 17.3 Å². The van der Waals surface area contributed by atoms with Gasteiger partial charge in [0, 0.05) is 11.3 Å². The first-order valence-corrected chi connectivity index (χ1v) is 11.7. The molecule has 0 saturated heterocycles. The van der Waals surface area contributed by atoms with Gasteiger partial charge in [0.25, 0.3) is 5.91 Å². The average molecular weight is 464 g/mol. The molecule has 10 heteroatoms. The van der Waals surface area contributed by atoms with Crippen molar-refractivity contribution in [2.45, 2.75) is 59.4 Å². The van der Waals surface area contributed by atoms with Crippen molar-refractivity contribution < 1.29 is 14.2 Å². The molecule has 0 radical (unpaired) electrons. The first-order chi connectivity index (χ1) is 16.3. The lowest BCUT2D eigenvalue weighted by Crippen LogP contribution is -2.51. The van der Waals surface area contributed by atoms with Crippen LogP contribution in [0.5, 0.6) is 0 Å². The van der Waals surface area contributed by atoms with Crippen molar-refractivity contribution in [1.29, 1.82) is 0 Å². The summed E-state index contributed by atoms with van der Waals surface area (Å²) in [7, 11) is 0. The molecule has 2 atom stereocenters. The summed E-state index contributed by atoms with van der Waals surface area (Å²) in [5, 5.41) is 20.5. The zero-order valence-corrected chi connectivity index (χ0v) is 19.8. The molecule has 0 aliphatic heterocycles. The summed E-state index contributed by atoms with van der Waals surface area (Å²) in [5.41, 5.74) is 4.65. The second kappa shape index (κ2) is 8.34. The van der Waals surface area contributed by atoms with Crippen LogP contribution in [0.3, 0.4) is 0 Å². The Hall–Kier alpha value is -3.56. The molecule has 3 aromatic rings. The zero-order chi connectivity index (χ0) is 24.0. The van der Waals surface area contributed by atoms with Crippen molar-refractivity contribution >= 4 is 17.5 Å². The van der Waals surface area contributed by atoms with E-state index in [1.54, 1.807) is 13.1 Å². The highest BCUT2D eigenvalue weighted by atomic mass is 16.6. The van der Waals surface area contributed by atoms with Gasteiger partial charge < -0.3 is 10.6 Å². The fourth-order valence-electron chi connectivity index (χ4n) is 4.96. The lowest BCUT2D eigenvalue weighted by molar-refractivity contribution is -0.120. The number of hydrogen-bond donors (Lipinski definition) is 3. The Balaban J connectivity index is 1.38. The van der Waals surface area contributed by atoms with Crippen LogP contribution in [-0.4, -0.2) is 43.4 Å². The number of aromatic amines is 1. The first-order valence-electron chi connectivity index (χ1n) is 11.7. The second-order valence-corrected chi connectivity index (χ2v) is 9.90. The molecule has 2 aliphatic carbocycles. The van der Waals surface area contributed by atoms with Gasteiger partial charge in [-0.25, -0.2) is 4.63 Å². The van der Waals surface area contributed by atoms with Crippen LogP contribution in [0.15, 0.2) is 23.0 Å². The highest BCUT2D eigenvalue weighted by Crippen LogP contribution is 2.60. The molecule has 2 amide bonds. The van der Waals surface area contributed by atoms with E-state index >= 15 is 0 Å². The molecular weight excluding hydrogens is 434 g/mol. The Bertz CT molecular complexity index is 1200. The number of anilines is 1. The molecule has 178 valence electrons. The smallest absolute Gasteiger partial charge is 0.276 e. The van der Waals surface area contributed by atoms with Crippen molar-refractivity contribution in [2.75, 3.05) is 5.32 Å². The van der Waals surface area contributed by atoms with E-state index in [1.807, 2.05) is 26.0 Å². The standard InChI is InChI=1S/C24H29N7O3/c1-12-18(13(2)29-28-12)17-8-7-16(11-25-17)26-23(33)21(19(15-5-6-15)24(4)9-10-24)27-22(32)20-14(3)30-34-31-20/h7-8,11,15,19,21H,5-6,9-10H2,1-4H3,(H,26,33)(H,27,32)(H,28,29)/t19?,21-/m0/s1.